The molecule has 7 nitrogen and oxygen atoms in total. The maximum Gasteiger partial charge on any atom is 0.319 e. The van der Waals surface area contributed by atoms with Crippen molar-refractivity contribution < 1.29 is 9.53 Å². The second-order valence-electron chi connectivity index (χ2n) is 6.50. The van der Waals surface area contributed by atoms with Crippen molar-refractivity contribution in [1.82, 2.24) is 15.0 Å². The van der Waals surface area contributed by atoms with Gasteiger partial charge in [0.1, 0.15) is 11.5 Å². The quantitative estimate of drug-likeness (QED) is 0.760. The molecule has 3 heterocycles. The predicted octanol–water partition coefficient (Wildman–Crippen LogP) is 2.86. The first kappa shape index (κ1) is 17.6. The van der Waals surface area contributed by atoms with E-state index in [2.05, 4.69) is 39.0 Å². The van der Waals surface area contributed by atoms with Gasteiger partial charge in [-0.25, -0.2) is 4.98 Å². The molecular weight excluding hydrogens is 338 g/mol. The summed E-state index contributed by atoms with van der Waals surface area (Å²) in [6.45, 7) is 6.53. The van der Waals surface area contributed by atoms with Gasteiger partial charge in [0.05, 0.1) is 6.61 Å². The summed E-state index contributed by atoms with van der Waals surface area (Å²) in [6.07, 6.45) is 4.54. The lowest BCUT2D eigenvalue weighted by Crippen LogP contribution is -2.39. The minimum atomic E-state index is 0.251. The standard InChI is InChI=1S/C17H23N5O2S/c1-12(2)11-24-16-20-14(10-23)9-15(21-16)19-13-3-6-22(7-4-13)17-18-5-8-25-17/h5,8-10,12-13H,3-4,6-7,11H2,1-2H3,(H,19,20,21). The summed E-state index contributed by atoms with van der Waals surface area (Å²) in [5.74, 6) is 1.01. The van der Waals surface area contributed by atoms with Crippen LogP contribution in [0.2, 0.25) is 0 Å². The molecule has 0 aromatic carbocycles. The van der Waals surface area contributed by atoms with E-state index in [1.54, 1.807) is 17.4 Å². The molecule has 0 amide bonds. The molecular formula is C17H23N5O2S. The zero-order valence-corrected chi connectivity index (χ0v) is 15.3. The molecule has 0 spiro atoms. The lowest BCUT2D eigenvalue weighted by atomic mass is 10.1. The Bertz CT molecular complexity index is 684. The van der Waals surface area contributed by atoms with Crippen molar-refractivity contribution in [3.05, 3.63) is 23.3 Å². The van der Waals surface area contributed by atoms with Crippen LogP contribution in [0.3, 0.4) is 0 Å². The predicted molar refractivity (Wildman–Crippen MR) is 98.7 cm³/mol. The second kappa shape index (κ2) is 8.24. The van der Waals surface area contributed by atoms with Crippen LogP contribution in [0, 0.1) is 5.92 Å². The number of nitrogens with one attached hydrogen (secondary N) is 1. The lowest BCUT2D eigenvalue weighted by Gasteiger charge is -2.32. The number of aldehydes is 1. The molecule has 3 rings (SSSR count). The number of hydrogen-bond donors (Lipinski definition) is 1. The minimum absolute atomic E-state index is 0.251. The van der Waals surface area contributed by atoms with Gasteiger partial charge < -0.3 is 15.0 Å². The van der Waals surface area contributed by atoms with Crippen LogP contribution in [-0.2, 0) is 0 Å². The van der Waals surface area contributed by atoms with Gasteiger partial charge in [-0.1, -0.05) is 13.8 Å². The van der Waals surface area contributed by atoms with Crippen LogP contribution in [0.25, 0.3) is 0 Å². The number of thiazole rings is 1. The van der Waals surface area contributed by atoms with Gasteiger partial charge >= 0.3 is 6.01 Å². The van der Waals surface area contributed by atoms with E-state index in [1.807, 2.05) is 11.6 Å². The highest BCUT2D eigenvalue weighted by atomic mass is 32.1. The third-order valence-corrected chi connectivity index (χ3v) is 4.76. The molecule has 0 aliphatic carbocycles. The summed E-state index contributed by atoms with van der Waals surface area (Å²) >= 11 is 1.67. The Labute approximate surface area is 151 Å². The highest BCUT2D eigenvalue weighted by Crippen LogP contribution is 2.23. The third kappa shape index (κ3) is 4.88. The van der Waals surface area contributed by atoms with Gasteiger partial charge in [-0.2, -0.15) is 9.97 Å². The summed E-state index contributed by atoms with van der Waals surface area (Å²) in [7, 11) is 0. The Hall–Kier alpha value is -2.22. The first-order chi connectivity index (χ1) is 12.1. The molecule has 1 aliphatic heterocycles. The first-order valence-corrected chi connectivity index (χ1v) is 9.40. The van der Waals surface area contributed by atoms with Crippen LogP contribution in [0.5, 0.6) is 6.01 Å². The number of aromatic nitrogens is 3. The SMILES string of the molecule is CC(C)COc1nc(C=O)cc(NC2CCN(c3nccs3)CC2)n1. The molecule has 8 heteroatoms. The molecule has 134 valence electrons. The molecule has 2 aromatic heterocycles. The van der Waals surface area contributed by atoms with Gasteiger partial charge in [-0.15, -0.1) is 11.3 Å². The fourth-order valence-electron chi connectivity index (χ4n) is 2.68. The summed E-state index contributed by atoms with van der Waals surface area (Å²) in [4.78, 5) is 26.3. The topological polar surface area (TPSA) is 80.2 Å². The fourth-order valence-corrected chi connectivity index (χ4v) is 3.38. The van der Waals surface area contributed by atoms with Crippen LogP contribution in [0.1, 0.15) is 37.2 Å². The van der Waals surface area contributed by atoms with Crippen molar-refractivity contribution in [3.63, 3.8) is 0 Å². The van der Waals surface area contributed by atoms with Gasteiger partial charge in [-0.3, -0.25) is 4.79 Å². The van der Waals surface area contributed by atoms with Gasteiger partial charge in [0, 0.05) is 36.8 Å². The molecule has 0 bridgehead atoms. The van der Waals surface area contributed by atoms with E-state index in [0.717, 1.165) is 37.3 Å². The minimum Gasteiger partial charge on any atom is -0.463 e. The largest absolute Gasteiger partial charge is 0.463 e. The number of carbonyl (C=O) groups excluding carboxylic acids is 1. The van der Waals surface area contributed by atoms with E-state index in [4.69, 9.17) is 4.74 Å². The molecule has 0 atom stereocenters. The highest BCUT2D eigenvalue weighted by molar-refractivity contribution is 7.13. The van der Waals surface area contributed by atoms with Gasteiger partial charge in [0.25, 0.3) is 0 Å². The Morgan fingerprint density at radius 1 is 1.40 bits per heavy atom. The molecule has 0 saturated carbocycles. The number of rotatable bonds is 7. The van der Waals surface area contributed by atoms with Gasteiger partial charge in [0.15, 0.2) is 11.4 Å². The van der Waals surface area contributed by atoms with Crippen LogP contribution in [0.15, 0.2) is 17.6 Å². The van der Waals surface area contributed by atoms with Crippen LogP contribution >= 0.6 is 11.3 Å². The molecule has 1 N–H and O–H groups in total. The maximum absolute atomic E-state index is 11.1. The van der Waals surface area contributed by atoms with Gasteiger partial charge in [-0.05, 0) is 18.8 Å². The number of piperidine rings is 1. The molecule has 1 fully saturated rings. The first-order valence-electron chi connectivity index (χ1n) is 8.52. The van der Waals surface area contributed by atoms with E-state index >= 15 is 0 Å². The van der Waals surface area contributed by atoms with Gasteiger partial charge in [0.2, 0.25) is 0 Å². The zero-order valence-electron chi connectivity index (χ0n) is 14.5. The Kier molecular flexibility index (Phi) is 5.80. The Balaban J connectivity index is 1.60. The zero-order chi connectivity index (χ0) is 17.6. The normalized spacial score (nSPS) is 15.4. The van der Waals surface area contributed by atoms with Crippen molar-refractivity contribution in [1.29, 1.82) is 0 Å². The fraction of sp³-hybridized carbons (Fsp3) is 0.529. The van der Waals surface area contributed by atoms with E-state index in [0.29, 0.717) is 30.1 Å². The van der Waals surface area contributed by atoms with Crippen molar-refractivity contribution in [3.8, 4) is 6.01 Å². The summed E-state index contributed by atoms with van der Waals surface area (Å²) in [5.41, 5.74) is 0.330. The maximum atomic E-state index is 11.1. The average Bonchev–Trinajstić information content (AvgIpc) is 3.15. The molecule has 0 radical (unpaired) electrons. The van der Waals surface area contributed by atoms with E-state index in [1.165, 1.54) is 0 Å². The van der Waals surface area contributed by atoms with E-state index < -0.39 is 0 Å². The Morgan fingerprint density at radius 3 is 2.84 bits per heavy atom. The number of nitrogens with zero attached hydrogens (tertiary/aromatic N) is 4. The van der Waals surface area contributed by atoms with Crippen LogP contribution in [-0.4, -0.2) is 47.0 Å². The van der Waals surface area contributed by atoms with Crippen LogP contribution in [0.4, 0.5) is 10.9 Å². The molecule has 1 saturated heterocycles. The monoisotopic (exact) mass is 361 g/mol. The third-order valence-electron chi connectivity index (χ3n) is 3.93. The average molecular weight is 361 g/mol. The molecule has 0 unspecified atom stereocenters. The Morgan fingerprint density at radius 2 is 2.20 bits per heavy atom. The summed E-state index contributed by atoms with van der Waals surface area (Å²) < 4.78 is 5.57. The second-order valence-corrected chi connectivity index (χ2v) is 7.38. The van der Waals surface area contributed by atoms with Crippen molar-refractivity contribution >= 4 is 28.6 Å². The number of anilines is 2. The molecule has 1 aliphatic rings. The van der Waals surface area contributed by atoms with Crippen molar-refractivity contribution in [2.45, 2.75) is 32.7 Å². The lowest BCUT2D eigenvalue weighted by molar-refractivity contribution is 0.111. The van der Waals surface area contributed by atoms with E-state index in [-0.39, 0.29) is 6.01 Å². The number of carbonyl (C=O) groups is 1. The number of ether oxygens (including phenoxy) is 1. The smallest absolute Gasteiger partial charge is 0.319 e. The summed E-state index contributed by atoms with van der Waals surface area (Å²) in [6, 6.07) is 2.23. The van der Waals surface area contributed by atoms with E-state index in [9.17, 15) is 4.79 Å². The van der Waals surface area contributed by atoms with Crippen LogP contribution < -0.4 is 15.0 Å². The number of hydrogen-bond acceptors (Lipinski definition) is 8. The molecule has 25 heavy (non-hydrogen) atoms. The van der Waals surface area contributed by atoms with Crippen molar-refractivity contribution in [2.75, 3.05) is 29.9 Å². The highest BCUT2D eigenvalue weighted by Gasteiger charge is 2.21. The van der Waals surface area contributed by atoms with Crippen molar-refractivity contribution in [2.24, 2.45) is 5.92 Å². The molecule has 2 aromatic rings. The summed E-state index contributed by atoms with van der Waals surface area (Å²) in [5, 5.41) is 6.49.